The van der Waals surface area contributed by atoms with Crippen LogP contribution in [0.15, 0.2) is 43.0 Å². The van der Waals surface area contributed by atoms with Crippen LogP contribution in [0.1, 0.15) is 5.56 Å². The fraction of sp³-hybridized carbons (Fsp3) is 0.320. The Morgan fingerprint density at radius 3 is 2.57 bits per heavy atom. The number of H-pyrrole nitrogens is 2. The summed E-state index contributed by atoms with van der Waals surface area (Å²) >= 11 is 0. The number of imidazole rings is 1. The first kappa shape index (κ1) is 21.6. The monoisotopic (exact) mass is 468 g/mol. The summed E-state index contributed by atoms with van der Waals surface area (Å²) in [5.41, 5.74) is 8.15. The maximum absolute atomic E-state index is 4.96. The van der Waals surface area contributed by atoms with Crippen molar-refractivity contribution in [1.29, 1.82) is 0 Å². The SMILES string of the molecule is CN(C)Cc1cncc(-c2ccc3[nH]nc(-c4nc5c(N6CCN(C)CC6)cncc5[nH]4)c3n2)c1. The van der Waals surface area contributed by atoms with Crippen LogP contribution in [-0.4, -0.2) is 92.2 Å². The molecule has 1 fully saturated rings. The predicted octanol–water partition coefficient (Wildman–Crippen LogP) is 2.77. The summed E-state index contributed by atoms with van der Waals surface area (Å²) in [6.45, 7) is 4.78. The molecule has 6 rings (SSSR count). The number of nitrogens with one attached hydrogen (secondary N) is 2. The smallest absolute Gasteiger partial charge is 0.161 e. The molecule has 35 heavy (non-hydrogen) atoms. The van der Waals surface area contributed by atoms with Crippen molar-refractivity contribution in [2.45, 2.75) is 6.54 Å². The van der Waals surface area contributed by atoms with Crippen molar-refractivity contribution in [3.63, 3.8) is 0 Å². The maximum atomic E-state index is 4.96. The average Bonchev–Trinajstić information content (AvgIpc) is 3.48. The lowest BCUT2D eigenvalue weighted by molar-refractivity contribution is 0.313. The van der Waals surface area contributed by atoms with E-state index in [2.05, 4.69) is 53.0 Å². The van der Waals surface area contributed by atoms with E-state index in [1.807, 2.05) is 51.0 Å². The molecule has 6 heterocycles. The van der Waals surface area contributed by atoms with E-state index in [0.717, 1.165) is 77.3 Å². The lowest BCUT2D eigenvalue weighted by atomic mass is 10.1. The molecule has 0 atom stereocenters. The van der Waals surface area contributed by atoms with Crippen molar-refractivity contribution in [2.24, 2.45) is 0 Å². The zero-order valence-electron chi connectivity index (χ0n) is 20.2. The Hall–Kier alpha value is -3.89. The molecule has 1 saturated heterocycles. The van der Waals surface area contributed by atoms with Gasteiger partial charge in [-0.25, -0.2) is 9.97 Å². The summed E-state index contributed by atoms with van der Waals surface area (Å²) in [6, 6.07) is 6.14. The Bertz CT molecular complexity index is 1490. The Kier molecular flexibility index (Phi) is 5.39. The Morgan fingerprint density at radius 2 is 1.74 bits per heavy atom. The van der Waals surface area contributed by atoms with E-state index < -0.39 is 0 Å². The second kappa shape index (κ2) is 8.71. The predicted molar refractivity (Wildman–Crippen MR) is 137 cm³/mol. The highest BCUT2D eigenvalue weighted by atomic mass is 15.3. The normalized spacial score (nSPS) is 15.0. The maximum Gasteiger partial charge on any atom is 0.161 e. The lowest BCUT2D eigenvalue weighted by Crippen LogP contribution is -2.44. The number of hydrogen-bond donors (Lipinski definition) is 2. The first-order valence-corrected chi connectivity index (χ1v) is 11.8. The van der Waals surface area contributed by atoms with Crippen molar-refractivity contribution in [3.05, 3.63) is 48.5 Å². The molecule has 1 aliphatic rings. The minimum atomic E-state index is 0.679. The first-order chi connectivity index (χ1) is 17.0. The molecular weight excluding hydrogens is 440 g/mol. The summed E-state index contributed by atoms with van der Waals surface area (Å²) in [4.78, 5) is 29.0. The summed E-state index contributed by atoms with van der Waals surface area (Å²) in [6.07, 6.45) is 7.47. The molecule has 0 aromatic carbocycles. The van der Waals surface area contributed by atoms with Gasteiger partial charge in [-0.05, 0) is 44.9 Å². The van der Waals surface area contributed by atoms with Crippen molar-refractivity contribution in [1.82, 2.24) is 44.9 Å². The molecular formula is C25H28N10. The quantitative estimate of drug-likeness (QED) is 0.406. The molecule has 1 aliphatic heterocycles. The van der Waals surface area contributed by atoms with E-state index >= 15 is 0 Å². The molecule has 178 valence electrons. The van der Waals surface area contributed by atoms with Crippen LogP contribution in [0.2, 0.25) is 0 Å². The third-order valence-corrected chi connectivity index (χ3v) is 6.44. The first-order valence-electron chi connectivity index (χ1n) is 11.8. The fourth-order valence-electron chi connectivity index (χ4n) is 4.61. The zero-order chi connectivity index (χ0) is 23.9. The highest BCUT2D eigenvalue weighted by Gasteiger charge is 2.21. The molecule has 5 aromatic heterocycles. The minimum absolute atomic E-state index is 0.679. The number of likely N-dealkylation sites (N-methyl/N-ethyl adjacent to an activating group) is 1. The van der Waals surface area contributed by atoms with Crippen molar-refractivity contribution in [3.8, 4) is 22.8 Å². The molecule has 5 aromatic rings. The van der Waals surface area contributed by atoms with E-state index in [4.69, 9.17) is 9.97 Å². The Balaban J connectivity index is 1.39. The number of anilines is 1. The van der Waals surface area contributed by atoms with Gasteiger partial charge in [-0.15, -0.1) is 0 Å². The molecule has 0 spiro atoms. The third kappa shape index (κ3) is 4.11. The highest BCUT2D eigenvalue weighted by Crippen LogP contribution is 2.31. The second-order valence-corrected chi connectivity index (χ2v) is 9.42. The van der Waals surface area contributed by atoms with Gasteiger partial charge in [0.15, 0.2) is 11.5 Å². The topological polar surface area (TPSA) is 106 Å². The number of hydrogen-bond acceptors (Lipinski definition) is 8. The van der Waals surface area contributed by atoms with Gasteiger partial charge in [0.2, 0.25) is 0 Å². The van der Waals surface area contributed by atoms with Crippen molar-refractivity contribution in [2.75, 3.05) is 52.2 Å². The molecule has 2 N–H and O–H groups in total. The van der Waals surface area contributed by atoms with E-state index in [-0.39, 0.29) is 0 Å². The molecule has 0 unspecified atom stereocenters. The Morgan fingerprint density at radius 1 is 0.914 bits per heavy atom. The van der Waals surface area contributed by atoms with E-state index in [1.54, 1.807) is 0 Å². The van der Waals surface area contributed by atoms with Crippen molar-refractivity contribution >= 4 is 27.8 Å². The van der Waals surface area contributed by atoms with Gasteiger partial charge in [0.25, 0.3) is 0 Å². The fourth-order valence-corrected chi connectivity index (χ4v) is 4.61. The molecule has 10 heteroatoms. The van der Waals surface area contributed by atoms with Crippen LogP contribution in [0.25, 0.3) is 44.8 Å². The van der Waals surface area contributed by atoms with Crippen LogP contribution in [-0.2, 0) is 6.54 Å². The van der Waals surface area contributed by atoms with Gasteiger partial charge in [-0.2, -0.15) is 5.10 Å². The van der Waals surface area contributed by atoms with Crippen LogP contribution >= 0.6 is 0 Å². The number of fused-ring (bicyclic) bond motifs is 2. The number of rotatable bonds is 5. The summed E-state index contributed by atoms with van der Waals surface area (Å²) < 4.78 is 0. The van der Waals surface area contributed by atoms with Crippen LogP contribution < -0.4 is 4.90 Å². The number of aromatic nitrogens is 7. The summed E-state index contributed by atoms with van der Waals surface area (Å²) in [7, 11) is 6.25. The molecule has 0 amide bonds. The van der Waals surface area contributed by atoms with Gasteiger partial charge >= 0.3 is 0 Å². The lowest BCUT2D eigenvalue weighted by Gasteiger charge is -2.33. The van der Waals surface area contributed by atoms with Gasteiger partial charge in [-0.1, -0.05) is 0 Å². The molecule has 10 nitrogen and oxygen atoms in total. The molecule has 0 saturated carbocycles. The number of aromatic amines is 2. The number of pyridine rings is 3. The van der Waals surface area contributed by atoms with Gasteiger partial charge in [0.05, 0.1) is 34.8 Å². The van der Waals surface area contributed by atoms with Crippen LogP contribution in [0, 0.1) is 0 Å². The van der Waals surface area contributed by atoms with Gasteiger partial charge < -0.3 is 19.7 Å². The number of nitrogens with zero attached hydrogens (tertiary/aromatic N) is 8. The standard InChI is InChI=1S/C25H28N10/c1-33(2)15-16-10-17(12-26-11-16)18-4-5-19-23(28-18)24(32-31-19)25-29-20-13-27-14-21(22(20)30-25)35-8-6-34(3)7-9-35/h4-5,10-14H,6-9,15H2,1-3H3,(H,29,30)(H,31,32). The largest absolute Gasteiger partial charge is 0.366 e. The van der Waals surface area contributed by atoms with E-state index in [1.165, 1.54) is 0 Å². The molecule has 0 bridgehead atoms. The third-order valence-electron chi connectivity index (χ3n) is 6.44. The number of piperazine rings is 1. The van der Waals surface area contributed by atoms with Crippen LogP contribution in [0.5, 0.6) is 0 Å². The molecule has 0 aliphatic carbocycles. The van der Waals surface area contributed by atoms with E-state index in [9.17, 15) is 0 Å². The minimum Gasteiger partial charge on any atom is -0.366 e. The van der Waals surface area contributed by atoms with Gasteiger partial charge in [-0.3, -0.25) is 15.1 Å². The van der Waals surface area contributed by atoms with E-state index in [0.29, 0.717) is 11.5 Å². The van der Waals surface area contributed by atoms with Crippen LogP contribution in [0.3, 0.4) is 0 Å². The summed E-state index contributed by atoms with van der Waals surface area (Å²) in [5, 5.41) is 7.66. The highest BCUT2D eigenvalue weighted by molar-refractivity contribution is 5.94. The second-order valence-electron chi connectivity index (χ2n) is 9.42. The van der Waals surface area contributed by atoms with Gasteiger partial charge in [0.1, 0.15) is 11.0 Å². The summed E-state index contributed by atoms with van der Waals surface area (Å²) in [5.74, 6) is 0.679. The van der Waals surface area contributed by atoms with Crippen LogP contribution in [0.4, 0.5) is 5.69 Å². The molecule has 0 radical (unpaired) electrons. The zero-order valence-corrected chi connectivity index (χ0v) is 20.2. The van der Waals surface area contributed by atoms with Gasteiger partial charge in [0, 0.05) is 50.7 Å². The van der Waals surface area contributed by atoms with Crippen molar-refractivity contribution < 1.29 is 0 Å². The average molecular weight is 469 g/mol. The Labute approximate surface area is 203 Å².